The molecular formula is C16H33N5O. The molecule has 0 radical (unpaired) electrons. The summed E-state index contributed by atoms with van der Waals surface area (Å²) in [5, 5.41) is 16.1. The lowest BCUT2D eigenvalue weighted by Crippen LogP contribution is -2.59. The van der Waals surface area contributed by atoms with Crippen LogP contribution in [0.2, 0.25) is 0 Å². The zero-order valence-electron chi connectivity index (χ0n) is 13.8. The van der Waals surface area contributed by atoms with E-state index in [-0.39, 0.29) is 6.61 Å². The Kier molecular flexibility index (Phi) is 6.47. The van der Waals surface area contributed by atoms with E-state index in [9.17, 15) is 0 Å². The van der Waals surface area contributed by atoms with E-state index in [0.717, 1.165) is 58.3 Å². The molecule has 128 valence electrons. The topological polar surface area (TPSA) is 54.0 Å². The van der Waals surface area contributed by atoms with Crippen molar-refractivity contribution in [3.05, 3.63) is 0 Å². The minimum Gasteiger partial charge on any atom is -0.395 e. The third-order valence-electron chi connectivity index (χ3n) is 5.58. The number of hydrogen-bond donors (Lipinski definition) is 3. The van der Waals surface area contributed by atoms with Crippen LogP contribution in [-0.2, 0) is 0 Å². The van der Waals surface area contributed by atoms with E-state index in [1.807, 2.05) is 0 Å². The van der Waals surface area contributed by atoms with Crippen LogP contribution in [0.3, 0.4) is 0 Å². The molecule has 3 saturated heterocycles. The Labute approximate surface area is 134 Å². The smallest absolute Gasteiger partial charge is 0.0558 e. The summed E-state index contributed by atoms with van der Waals surface area (Å²) in [4.78, 5) is 7.74. The first-order valence-electron chi connectivity index (χ1n) is 9.08. The monoisotopic (exact) mass is 311 g/mol. The molecule has 0 aromatic heterocycles. The largest absolute Gasteiger partial charge is 0.395 e. The molecular weight excluding hydrogens is 278 g/mol. The van der Waals surface area contributed by atoms with Gasteiger partial charge in [0.25, 0.3) is 0 Å². The lowest BCUT2D eigenvalue weighted by molar-refractivity contribution is 0.0371. The van der Waals surface area contributed by atoms with Crippen LogP contribution in [-0.4, -0.2) is 111 Å². The van der Waals surface area contributed by atoms with Gasteiger partial charge in [0.05, 0.1) is 6.61 Å². The van der Waals surface area contributed by atoms with Gasteiger partial charge >= 0.3 is 0 Å². The minimum atomic E-state index is 0.288. The van der Waals surface area contributed by atoms with Crippen LogP contribution >= 0.6 is 0 Å². The highest BCUT2D eigenvalue weighted by molar-refractivity contribution is 4.90. The quantitative estimate of drug-likeness (QED) is 0.573. The zero-order chi connectivity index (χ0) is 15.2. The van der Waals surface area contributed by atoms with Gasteiger partial charge in [-0.05, 0) is 18.9 Å². The van der Waals surface area contributed by atoms with Crippen molar-refractivity contribution in [1.29, 1.82) is 0 Å². The average Bonchev–Trinajstić information content (AvgIpc) is 2.58. The molecule has 6 nitrogen and oxygen atoms in total. The van der Waals surface area contributed by atoms with Crippen molar-refractivity contribution in [2.45, 2.75) is 12.5 Å². The summed E-state index contributed by atoms with van der Waals surface area (Å²) in [6, 6.07) is 0.694. The lowest BCUT2D eigenvalue weighted by Gasteiger charge is -2.45. The lowest BCUT2D eigenvalue weighted by atomic mass is 9.90. The summed E-state index contributed by atoms with van der Waals surface area (Å²) in [7, 11) is 0. The Morgan fingerprint density at radius 3 is 2.36 bits per heavy atom. The molecule has 0 amide bonds. The first kappa shape index (κ1) is 16.6. The molecule has 0 bridgehead atoms. The molecule has 3 aliphatic heterocycles. The second-order valence-corrected chi connectivity index (χ2v) is 6.97. The molecule has 3 aliphatic rings. The highest BCUT2D eigenvalue weighted by atomic mass is 16.3. The number of aliphatic hydroxyl groups excluding tert-OH is 1. The van der Waals surface area contributed by atoms with Crippen molar-refractivity contribution < 1.29 is 5.11 Å². The normalized spacial score (nSPS) is 33.1. The highest BCUT2D eigenvalue weighted by Crippen LogP contribution is 2.21. The molecule has 0 aliphatic carbocycles. The van der Waals surface area contributed by atoms with Gasteiger partial charge in [-0.1, -0.05) is 0 Å². The third kappa shape index (κ3) is 4.40. The summed E-state index contributed by atoms with van der Waals surface area (Å²) in [5.74, 6) is 0.809. The Morgan fingerprint density at radius 1 is 0.864 bits per heavy atom. The Morgan fingerprint density at radius 2 is 1.64 bits per heavy atom. The molecule has 2 unspecified atom stereocenters. The molecule has 2 atom stereocenters. The van der Waals surface area contributed by atoms with Gasteiger partial charge in [0.2, 0.25) is 0 Å². The number of piperazine rings is 2. The van der Waals surface area contributed by atoms with Crippen LogP contribution in [0.25, 0.3) is 0 Å². The standard InChI is InChI=1S/C16H33N5O/c22-12-11-19-7-9-21(10-8-19)16-13-18-2-1-15(16)14-20-5-3-17-4-6-20/h15-18,22H,1-14H2. The second-order valence-electron chi connectivity index (χ2n) is 6.97. The first-order chi connectivity index (χ1) is 10.9. The summed E-state index contributed by atoms with van der Waals surface area (Å²) < 4.78 is 0. The van der Waals surface area contributed by atoms with Crippen molar-refractivity contribution in [1.82, 2.24) is 25.3 Å². The maximum Gasteiger partial charge on any atom is 0.0558 e. The van der Waals surface area contributed by atoms with Crippen LogP contribution in [0.15, 0.2) is 0 Å². The van der Waals surface area contributed by atoms with Crippen molar-refractivity contribution in [2.24, 2.45) is 5.92 Å². The summed E-state index contributed by atoms with van der Waals surface area (Å²) >= 11 is 0. The number of aliphatic hydroxyl groups is 1. The first-order valence-corrected chi connectivity index (χ1v) is 9.08. The number of nitrogens with one attached hydrogen (secondary N) is 2. The average molecular weight is 311 g/mol. The van der Waals surface area contributed by atoms with Crippen LogP contribution in [0, 0.1) is 5.92 Å². The molecule has 0 saturated carbocycles. The molecule has 0 aromatic carbocycles. The van der Waals surface area contributed by atoms with E-state index in [1.54, 1.807) is 0 Å². The van der Waals surface area contributed by atoms with Crippen molar-refractivity contribution in [3.63, 3.8) is 0 Å². The summed E-state index contributed by atoms with van der Waals surface area (Å²) in [6.45, 7) is 14.0. The molecule has 6 heteroatoms. The Bertz CT molecular complexity index is 316. The van der Waals surface area contributed by atoms with E-state index in [0.29, 0.717) is 6.04 Å². The number of hydrogen-bond acceptors (Lipinski definition) is 6. The molecule has 3 N–H and O–H groups in total. The van der Waals surface area contributed by atoms with Gasteiger partial charge < -0.3 is 20.6 Å². The second kappa shape index (κ2) is 8.57. The van der Waals surface area contributed by atoms with Crippen molar-refractivity contribution in [3.8, 4) is 0 Å². The van der Waals surface area contributed by atoms with Gasteiger partial charge in [-0.2, -0.15) is 0 Å². The fourth-order valence-corrected chi connectivity index (χ4v) is 4.22. The number of piperidine rings is 1. The zero-order valence-corrected chi connectivity index (χ0v) is 13.8. The summed E-state index contributed by atoms with van der Waals surface area (Å²) in [6.07, 6.45) is 1.31. The molecule has 3 fully saturated rings. The predicted molar refractivity (Wildman–Crippen MR) is 89.2 cm³/mol. The maximum absolute atomic E-state index is 9.08. The third-order valence-corrected chi connectivity index (χ3v) is 5.58. The minimum absolute atomic E-state index is 0.288. The molecule has 0 spiro atoms. The van der Waals surface area contributed by atoms with Crippen LogP contribution in [0.4, 0.5) is 0 Å². The van der Waals surface area contributed by atoms with E-state index in [2.05, 4.69) is 25.3 Å². The molecule has 0 aromatic rings. The molecule has 22 heavy (non-hydrogen) atoms. The fourth-order valence-electron chi connectivity index (χ4n) is 4.22. The molecule has 3 rings (SSSR count). The fraction of sp³-hybridized carbons (Fsp3) is 1.00. The van der Waals surface area contributed by atoms with E-state index in [4.69, 9.17) is 5.11 Å². The van der Waals surface area contributed by atoms with E-state index >= 15 is 0 Å². The Hall–Kier alpha value is -0.240. The highest BCUT2D eigenvalue weighted by Gasteiger charge is 2.33. The van der Waals surface area contributed by atoms with E-state index < -0.39 is 0 Å². The van der Waals surface area contributed by atoms with E-state index in [1.165, 1.54) is 32.6 Å². The number of β-amino-alcohol motifs (C(OH)–C–C–N with tert-alkyl or cyclic N) is 1. The SMILES string of the molecule is OCCN1CCN(C2CNCCC2CN2CCNCC2)CC1. The van der Waals surface area contributed by atoms with Crippen molar-refractivity contribution >= 4 is 0 Å². The molecule has 3 heterocycles. The van der Waals surface area contributed by atoms with Crippen molar-refractivity contribution in [2.75, 3.05) is 85.1 Å². The van der Waals surface area contributed by atoms with Gasteiger partial charge in [0, 0.05) is 78.0 Å². The number of nitrogens with zero attached hydrogens (tertiary/aromatic N) is 3. The van der Waals surface area contributed by atoms with Gasteiger partial charge in [0.15, 0.2) is 0 Å². The maximum atomic E-state index is 9.08. The Balaban J connectivity index is 1.51. The van der Waals surface area contributed by atoms with Crippen LogP contribution < -0.4 is 10.6 Å². The van der Waals surface area contributed by atoms with Crippen LogP contribution in [0.5, 0.6) is 0 Å². The number of rotatable bonds is 5. The predicted octanol–water partition coefficient (Wildman–Crippen LogP) is -1.52. The van der Waals surface area contributed by atoms with Gasteiger partial charge in [0.1, 0.15) is 0 Å². The van der Waals surface area contributed by atoms with Gasteiger partial charge in [-0.3, -0.25) is 9.80 Å². The van der Waals surface area contributed by atoms with Gasteiger partial charge in [-0.25, -0.2) is 0 Å². The van der Waals surface area contributed by atoms with Crippen LogP contribution in [0.1, 0.15) is 6.42 Å². The summed E-state index contributed by atoms with van der Waals surface area (Å²) in [5.41, 5.74) is 0. The van der Waals surface area contributed by atoms with Gasteiger partial charge in [-0.15, -0.1) is 0 Å².